The molecule has 2 aliphatic heterocycles. The number of rotatable bonds is 3. The highest BCUT2D eigenvalue weighted by Crippen LogP contribution is 2.21. The lowest BCUT2D eigenvalue weighted by molar-refractivity contribution is -0.133. The molecule has 5 rings (SSSR count). The van der Waals surface area contributed by atoms with E-state index >= 15 is 0 Å². The van der Waals surface area contributed by atoms with E-state index in [1.54, 1.807) is 9.58 Å². The summed E-state index contributed by atoms with van der Waals surface area (Å²) in [5.74, 6) is -0.0256. The Morgan fingerprint density at radius 1 is 0.967 bits per heavy atom. The van der Waals surface area contributed by atoms with Gasteiger partial charge in [0.2, 0.25) is 5.91 Å². The Bertz CT molecular complexity index is 1110. The first-order valence-corrected chi connectivity index (χ1v) is 10.3. The van der Waals surface area contributed by atoms with Gasteiger partial charge in [0.25, 0.3) is 5.91 Å². The SMILES string of the molecule is Cc1ccn(CC(=O)N2CCn3nc(C(=O)N4CCc5ccccc5C4)cc3C2)n1. The molecule has 0 saturated heterocycles. The van der Waals surface area contributed by atoms with Crippen LogP contribution in [-0.2, 0) is 37.4 Å². The van der Waals surface area contributed by atoms with Gasteiger partial charge in [-0.2, -0.15) is 10.2 Å². The molecule has 2 amide bonds. The highest BCUT2D eigenvalue weighted by Gasteiger charge is 2.27. The highest BCUT2D eigenvalue weighted by atomic mass is 16.2. The van der Waals surface area contributed by atoms with Crippen LogP contribution in [-0.4, -0.2) is 54.3 Å². The molecule has 30 heavy (non-hydrogen) atoms. The van der Waals surface area contributed by atoms with E-state index in [4.69, 9.17) is 0 Å². The van der Waals surface area contributed by atoms with Gasteiger partial charge in [0, 0.05) is 25.8 Å². The molecule has 0 bridgehead atoms. The summed E-state index contributed by atoms with van der Waals surface area (Å²) in [7, 11) is 0. The van der Waals surface area contributed by atoms with E-state index in [1.165, 1.54) is 11.1 Å². The Labute approximate surface area is 174 Å². The van der Waals surface area contributed by atoms with Crippen molar-refractivity contribution in [2.24, 2.45) is 0 Å². The number of carbonyl (C=O) groups excluding carboxylic acids is 2. The molecule has 0 fully saturated rings. The fourth-order valence-electron chi connectivity index (χ4n) is 4.20. The molecule has 0 saturated carbocycles. The van der Waals surface area contributed by atoms with Crippen molar-refractivity contribution in [3.63, 3.8) is 0 Å². The average Bonchev–Trinajstić information content (AvgIpc) is 3.38. The molecular formula is C22H24N6O2. The van der Waals surface area contributed by atoms with Gasteiger partial charge in [-0.3, -0.25) is 19.0 Å². The van der Waals surface area contributed by atoms with Crippen LogP contribution in [0.1, 0.15) is 33.0 Å². The van der Waals surface area contributed by atoms with Crippen LogP contribution < -0.4 is 0 Å². The average molecular weight is 404 g/mol. The van der Waals surface area contributed by atoms with Gasteiger partial charge < -0.3 is 9.80 Å². The predicted octanol–water partition coefficient (Wildman–Crippen LogP) is 1.63. The van der Waals surface area contributed by atoms with Crippen molar-refractivity contribution in [3.05, 3.63) is 70.8 Å². The zero-order valence-corrected chi connectivity index (χ0v) is 17.0. The zero-order valence-electron chi connectivity index (χ0n) is 17.0. The molecule has 154 valence electrons. The zero-order chi connectivity index (χ0) is 20.7. The van der Waals surface area contributed by atoms with Crippen LogP contribution in [0.2, 0.25) is 0 Å². The summed E-state index contributed by atoms with van der Waals surface area (Å²) in [6.45, 7) is 5.08. The molecule has 1 aromatic carbocycles. The molecule has 0 aliphatic carbocycles. The van der Waals surface area contributed by atoms with E-state index in [1.807, 2.05) is 47.0 Å². The fourth-order valence-corrected chi connectivity index (χ4v) is 4.20. The number of nitrogens with zero attached hydrogens (tertiary/aromatic N) is 6. The Morgan fingerprint density at radius 2 is 1.80 bits per heavy atom. The summed E-state index contributed by atoms with van der Waals surface area (Å²) in [5, 5.41) is 8.82. The van der Waals surface area contributed by atoms with Gasteiger partial charge in [-0.1, -0.05) is 24.3 Å². The first kappa shape index (κ1) is 18.6. The summed E-state index contributed by atoms with van der Waals surface area (Å²) in [5.41, 5.74) is 4.76. The van der Waals surface area contributed by atoms with Crippen LogP contribution in [0.25, 0.3) is 0 Å². The van der Waals surface area contributed by atoms with E-state index in [9.17, 15) is 9.59 Å². The maximum atomic E-state index is 13.0. The normalized spacial score (nSPS) is 15.6. The number of fused-ring (bicyclic) bond motifs is 2. The molecule has 0 unspecified atom stereocenters. The maximum absolute atomic E-state index is 13.0. The van der Waals surface area contributed by atoms with Crippen LogP contribution in [0.15, 0.2) is 42.6 Å². The standard InChI is InChI=1S/C22H24N6O2/c1-16-6-9-27(23-16)15-21(29)25-10-11-28-19(14-25)12-20(24-28)22(30)26-8-7-17-4-2-3-5-18(17)13-26/h2-6,9,12H,7-8,10-11,13-15H2,1H3. The Morgan fingerprint density at radius 3 is 2.60 bits per heavy atom. The van der Waals surface area contributed by atoms with Crippen LogP contribution in [0.5, 0.6) is 0 Å². The predicted molar refractivity (Wildman–Crippen MR) is 109 cm³/mol. The Kier molecular flexibility index (Phi) is 4.61. The third-order valence-corrected chi connectivity index (χ3v) is 5.86. The van der Waals surface area contributed by atoms with Crippen LogP contribution in [0.4, 0.5) is 0 Å². The van der Waals surface area contributed by atoms with Gasteiger partial charge in [0.15, 0.2) is 5.69 Å². The van der Waals surface area contributed by atoms with E-state index < -0.39 is 0 Å². The molecule has 8 nitrogen and oxygen atoms in total. The van der Waals surface area contributed by atoms with Crippen molar-refractivity contribution in [2.45, 2.75) is 39.5 Å². The first-order chi connectivity index (χ1) is 14.6. The molecule has 0 radical (unpaired) electrons. The minimum absolute atomic E-state index is 0.0195. The molecular weight excluding hydrogens is 380 g/mol. The number of benzene rings is 1. The number of carbonyl (C=O) groups is 2. The molecule has 4 heterocycles. The second-order valence-corrected chi connectivity index (χ2v) is 7.96. The topological polar surface area (TPSA) is 76.3 Å². The second-order valence-electron chi connectivity index (χ2n) is 7.96. The van der Waals surface area contributed by atoms with Gasteiger partial charge in [-0.15, -0.1) is 0 Å². The number of aryl methyl sites for hydroxylation is 1. The van der Waals surface area contributed by atoms with E-state index in [2.05, 4.69) is 22.3 Å². The number of amides is 2. The molecule has 3 aromatic rings. The van der Waals surface area contributed by atoms with E-state index in [0.29, 0.717) is 38.4 Å². The lowest BCUT2D eigenvalue weighted by Gasteiger charge is -2.28. The van der Waals surface area contributed by atoms with Crippen LogP contribution >= 0.6 is 0 Å². The Hall–Kier alpha value is -3.42. The van der Waals surface area contributed by atoms with Gasteiger partial charge in [0.1, 0.15) is 6.54 Å². The molecule has 0 atom stereocenters. The van der Waals surface area contributed by atoms with Gasteiger partial charge in [-0.05, 0) is 36.6 Å². The lowest BCUT2D eigenvalue weighted by atomic mass is 10.00. The summed E-state index contributed by atoms with van der Waals surface area (Å²) in [6.07, 6.45) is 2.68. The summed E-state index contributed by atoms with van der Waals surface area (Å²) < 4.78 is 3.51. The largest absolute Gasteiger partial charge is 0.333 e. The third kappa shape index (κ3) is 3.49. The van der Waals surface area contributed by atoms with Crippen molar-refractivity contribution >= 4 is 11.8 Å². The molecule has 0 spiro atoms. The smallest absolute Gasteiger partial charge is 0.274 e. The minimum Gasteiger partial charge on any atom is -0.333 e. The highest BCUT2D eigenvalue weighted by molar-refractivity contribution is 5.92. The van der Waals surface area contributed by atoms with Crippen LogP contribution in [0.3, 0.4) is 0 Å². The van der Waals surface area contributed by atoms with Crippen molar-refractivity contribution < 1.29 is 9.59 Å². The van der Waals surface area contributed by atoms with E-state index in [-0.39, 0.29) is 18.4 Å². The number of hydrogen-bond donors (Lipinski definition) is 0. The quantitative estimate of drug-likeness (QED) is 0.665. The lowest BCUT2D eigenvalue weighted by Crippen LogP contribution is -2.40. The van der Waals surface area contributed by atoms with Crippen molar-refractivity contribution in [2.75, 3.05) is 13.1 Å². The summed E-state index contributed by atoms with van der Waals surface area (Å²) in [6, 6.07) is 12.0. The number of aromatic nitrogens is 4. The summed E-state index contributed by atoms with van der Waals surface area (Å²) in [4.78, 5) is 29.4. The van der Waals surface area contributed by atoms with Crippen molar-refractivity contribution in [3.8, 4) is 0 Å². The molecule has 8 heteroatoms. The van der Waals surface area contributed by atoms with Gasteiger partial charge >= 0.3 is 0 Å². The fraction of sp³-hybridized carbons (Fsp3) is 0.364. The minimum atomic E-state index is -0.0451. The Balaban J connectivity index is 1.27. The molecule has 2 aliphatic rings. The van der Waals surface area contributed by atoms with Crippen LogP contribution in [0, 0.1) is 6.92 Å². The molecule has 2 aromatic heterocycles. The number of hydrogen-bond acceptors (Lipinski definition) is 4. The molecule has 0 N–H and O–H groups in total. The van der Waals surface area contributed by atoms with Crippen molar-refractivity contribution in [1.29, 1.82) is 0 Å². The van der Waals surface area contributed by atoms with Gasteiger partial charge in [0.05, 0.1) is 24.5 Å². The van der Waals surface area contributed by atoms with E-state index in [0.717, 1.165) is 17.8 Å². The summed E-state index contributed by atoms with van der Waals surface area (Å²) >= 11 is 0. The van der Waals surface area contributed by atoms with Gasteiger partial charge in [-0.25, -0.2) is 0 Å². The van der Waals surface area contributed by atoms with Crippen molar-refractivity contribution in [1.82, 2.24) is 29.4 Å². The maximum Gasteiger partial charge on any atom is 0.274 e. The monoisotopic (exact) mass is 404 g/mol. The third-order valence-electron chi connectivity index (χ3n) is 5.86. The first-order valence-electron chi connectivity index (χ1n) is 10.3. The second kappa shape index (κ2) is 7.44.